The number of piperazine rings is 1. The van der Waals surface area contributed by atoms with E-state index in [9.17, 15) is 4.79 Å². The van der Waals surface area contributed by atoms with Gasteiger partial charge in [-0.3, -0.25) is 4.90 Å². The van der Waals surface area contributed by atoms with E-state index in [2.05, 4.69) is 15.4 Å². The lowest BCUT2D eigenvalue weighted by Crippen LogP contribution is -2.53. The van der Waals surface area contributed by atoms with Gasteiger partial charge in [-0.25, -0.2) is 4.79 Å². The van der Waals surface area contributed by atoms with Crippen LogP contribution in [0.3, 0.4) is 0 Å². The van der Waals surface area contributed by atoms with E-state index in [0.29, 0.717) is 6.61 Å². The molecule has 0 radical (unpaired) electrons. The summed E-state index contributed by atoms with van der Waals surface area (Å²) >= 11 is 0. The van der Waals surface area contributed by atoms with Crippen molar-refractivity contribution < 1.29 is 14.1 Å². The van der Waals surface area contributed by atoms with Gasteiger partial charge < -0.3 is 19.5 Å². The number of hydrogen-bond donors (Lipinski definition) is 1. The number of nitrogens with zero attached hydrogens (tertiary/aromatic N) is 3. The zero-order valence-electron chi connectivity index (χ0n) is 13.0. The molecule has 1 aliphatic rings. The number of carbonyl (C=O) groups is 1. The molecule has 1 saturated heterocycles. The number of nitrogens with one attached hydrogen (secondary N) is 1. The first-order valence-electron chi connectivity index (χ1n) is 7.27. The number of urea groups is 1. The van der Waals surface area contributed by atoms with Gasteiger partial charge in [0.15, 0.2) is 5.76 Å². The molecule has 0 bridgehead atoms. The van der Waals surface area contributed by atoms with Crippen LogP contribution in [0.2, 0.25) is 0 Å². The van der Waals surface area contributed by atoms with Gasteiger partial charge in [-0.1, -0.05) is 5.16 Å². The summed E-state index contributed by atoms with van der Waals surface area (Å²) in [5, 5.41) is 6.82. The van der Waals surface area contributed by atoms with Crippen LogP contribution >= 0.6 is 0 Å². The van der Waals surface area contributed by atoms with E-state index in [1.54, 1.807) is 7.11 Å². The molecule has 1 fully saturated rings. The molecule has 1 unspecified atom stereocenters. The molecule has 0 spiro atoms. The van der Waals surface area contributed by atoms with Crippen LogP contribution in [-0.4, -0.2) is 66.9 Å². The first-order chi connectivity index (χ1) is 10.1. The Bertz CT molecular complexity index is 455. The molecule has 2 rings (SSSR count). The molecule has 7 heteroatoms. The molecule has 0 saturated carbocycles. The summed E-state index contributed by atoms with van der Waals surface area (Å²) in [6.45, 7) is 8.24. The Labute approximate surface area is 125 Å². The normalized spacial score (nSPS) is 17.8. The van der Waals surface area contributed by atoms with Gasteiger partial charge in [-0.05, 0) is 13.8 Å². The highest BCUT2D eigenvalue weighted by Gasteiger charge is 2.22. The highest BCUT2D eigenvalue weighted by molar-refractivity contribution is 5.74. The van der Waals surface area contributed by atoms with Crippen molar-refractivity contribution in [3.63, 3.8) is 0 Å². The van der Waals surface area contributed by atoms with E-state index in [1.165, 1.54) is 0 Å². The van der Waals surface area contributed by atoms with Crippen molar-refractivity contribution in [3.8, 4) is 0 Å². The maximum Gasteiger partial charge on any atom is 0.317 e. The van der Waals surface area contributed by atoms with Crippen LogP contribution in [-0.2, 0) is 11.3 Å². The molecule has 1 aromatic heterocycles. The van der Waals surface area contributed by atoms with E-state index in [1.807, 2.05) is 24.8 Å². The Balaban J connectivity index is 1.73. The lowest BCUT2D eigenvalue weighted by atomic mass is 10.3. The third-order valence-electron chi connectivity index (χ3n) is 3.50. The van der Waals surface area contributed by atoms with Crippen LogP contribution in [0.5, 0.6) is 0 Å². The number of rotatable bonds is 5. The molecule has 1 N–H and O–H groups in total. The van der Waals surface area contributed by atoms with E-state index in [-0.39, 0.29) is 12.1 Å². The lowest BCUT2D eigenvalue weighted by molar-refractivity contribution is 0.120. The fourth-order valence-electron chi connectivity index (χ4n) is 2.41. The molecule has 1 atom stereocenters. The van der Waals surface area contributed by atoms with E-state index >= 15 is 0 Å². The summed E-state index contributed by atoms with van der Waals surface area (Å²) in [6, 6.07) is 1.96. The van der Waals surface area contributed by atoms with Crippen LogP contribution in [0, 0.1) is 6.92 Å². The molecule has 21 heavy (non-hydrogen) atoms. The number of ether oxygens (including phenoxy) is 1. The van der Waals surface area contributed by atoms with Crippen molar-refractivity contribution in [2.75, 3.05) is 39.9 Å². The molecular formula is C14H24N4O3. The number of hydrogen-bond acceptors (Lipinski definition) is 5. The smallest absolute Gasteiger partial charge is 0.317 e. The Morgan fingerprint density at radius 1 is 1.48 bits per heavy atom. The number of aryl methyl sites for hydroxylation is 1. The predicted molar refractivity (Wildman–Crippen MR) is 78.0 cm³/mol. The van der Waals surface area contributed by atoms with Gasteiger partial charge in [0.1, 0.15) is 0 Å². The topological polar surface area (TPSA) is 70.8 Å². The summed E-state index contributed by atoms with van der Waals surface area (Å²) in [5.74, 6) is 0.874. The zero-order valence-corrected chi connectivity index (χ0v) is 13.0. The summed E-state index contributed by atoms with van der Waals surface area (Å²) in [5.41, 5.74) is 0.898. The van der Waals surface area contributed by atoms with E-state index in [4.69, 9.17) is 9.26 Å². The minimum atomic E-state index is -0.0188. The van der Waals surface area contributed by atoms with Gasteiger partial charge in [0.25, 0.3) is 0 Å². The van der Waals surface area contributed by atoms with Crippen molar-refractivity contribution >= 4 is 6.03 Å². The van der Waals surface area contributed by atoms with E-state index in [0.717, 1.165) is 44.2 Å². The molecule has 0 aromatic carbocycles. The quantitative estimate of drug-likeness (QED) is 0.872. The highest BCUT2D eigenvalue weighted by atomic mass is 16.5. The van der Waals surface area contributed by atoms with Crippen LogP contribution in [0.4, 0.5) is 4.79 Å². The SMILES string of the molecule is COCC(C)NC(=O)N1CCN(Cc2cc(C)no2)CC1. The summed E-state index contributed by atoms with van der Waals surface area (Å²) < 4.78 is 10.2. The molecule has 2 heterocycles. The molecule has 2 amide bonds. The second kappa shape index (κ2) is 7.42. The van der Waals surface area contributed by atoms with Crippen molar-refractivity contribution in [2.45, 2.75) is 26.4 Å². The Hall–Kier alpha value is -1.60. The van der Waals surface area contributed by atoms with Crippen molar-refractivity contribution in [3.05, 3.63) is 17.5 Å². The Morgan fingerprint density at radius 3 is 2.76 bits per heavy atom. The van der Waals surface area contributed by atoms with E-state index < -0.39 is 0 Å². The minimum Gasteiger partial charge on any atom is -0.383 e. The standard InChI is InChI=1S/C14H24N4O3/c1-11-8-13(21-16-11)9-17-4-6-18(7-5-17)14(19)15-12(2)10-20-3/h8,12H,4-7,9-10H2,1-3H3,(H,15,19). The van der Waals surface area contributed by atoms with Crippen molar-refractivity contribution in [2.24, 2.45) is 0 Å². The number of amides is 2. The van der Waals surface area contributed by atoms with Gasteiger partial charge in [0.2, 0.25) is 0 Å². The average molecular weight is 296 g/mol. The van der Waals surface area contributed by atoms with Gasteiger partial charge in [0.05, 0.1) is 24.9 Å². The third-order valence-corrected chi connectivity index (χ3v) is 3.50. The second-order valence-electron chi connectivity index (χ2n) is 5.50. The van der Waals surface area contributed by atoms with Gasteiger partial charge >= 0.3 is 6.03 Å². The minimum absolute atomic E-state index is 0.0188. The fourth-order valence-corrected chi connectivity index (χ4v) is 2.41. The zero-order chi connectivity index (χ0) is 15.2. The lowest BCUT2D eigenvalue weighted by Gasteiger charge is -2.34. The molecule has 118 valence electrons. The van der Waals surface area contributed by atoms with Gasteiger partial charge in [0, 0.05) is 39.4 Å². The van der Waals surface area contributed by atoms with Gasteiger partial charge in [-0.15, -0.1) is 0 Å². The Morgan fingerprint density at radius 2 is 2.19 bits per heavy atom. The first kappa shape index (κ1) is 15.8. The molecule has 7 nitrogen and oxygen atoms in total. The third kappa shape index (κ3) is 4.71. The Kier molecular flexibility index (Phi) is 5.58. The van der Waals surface area contributed by atoms with Crippen molar-refractivity contribution in [1.82, 2.24) is 20.3 Å². The largest absolute Gasteiger partial charge is 0.383 e. The summed E-state index contributed by atoms with van der Waals surface area (Å²) in [7, 11) is 1.63. The van der Waals surface area contributed by atoms with Gasteiger partial charge in [-0.2, -0.15) is 0 Å². The monoisotopic (exact) mass is 296 g/mol. The molecular weight excluding hydrogens is 272 g/mol. The van der Waals surface area contributed by atoms with Crippen molar-refractivity contribution in [1.29, 1.82) is 0 Å². The first-order valence-corrected chi connectivity index (χ1v) is 7.27. The second-order valence-corrected chi connectivity index (χ2v) is 5.50. The predicted octanol–water partition coefficient (Wildman–Crippen LogP) is 0.845. The number of carbonyl (C=O) groups excluding carboxylic acids is 1. The summed E-state index contributed by atoms with van der Waals surface area (Å²) in [4.78, 5) is 16.2. The van der Waals surface area contributed by atoms with Crippen LogP contribution in [0.1, 0.15) is 18.4 Å². The summed E-state index contributed by atoms with van der Waals surface area (Å²) in [6.07, 6.45) is 0. The van der Waals surface area contributed by atoms with Crippen LogP contribution < -0.4 is 5.32 Å². The maximum absolute atomic E-state index is 12.1. The highest BCUT2D eigenvalue weighted by Crippen LogP contribution is 2.09. The molecule has 1 aromatic rings. The van der Waals surface area contributed by atoms with Crippen LogP contribution in [0.15, 0.2) is 10.6 Å². The number of aromatic nitrogens is 1. The number of methoxy groups -OCH3 is 1. The van der Waals surface area contributed by atoms with Crippen LogP contribution in [0.25, 0.3) is 0 Å². The fraction of sp³-hybridized carbons (Fsp3) is 0.714. The average Bonchev–Trinajstić information content (AvgIpc) is 2.85. The maximum atomic E-state index is 12.1. The molecule has 0 aliphatic carbocycles. The molecule has 1 aliphatic heterocycles.